The van der Waals surface area contributed by atoms with Crippen molar-refractivity contribution >= 4 is 0 Å². The molecule has 2 fully saturated rings. The Hall–Kier alpha value is -2.40. The van der Waals surface area contributed by atoms with Crippen molar-refractivity contribution in [2.24, 2.45) is 0 Å². The summed E-state index contributed by atoms with van der Waals surface area (Å²) in [5, 5.41) is 0. The van der Waals surface area contributed by atoms with Gasteiger partial charge in [0.25, 0.3) is 0 Å². The first-order valence-corrected chi connectivity index (χ1v) is 10.7. The van der Waals surface area contributed by atoms with Crippen molar-refractivity contribution in [3.63, 3.8) is 0 Å². The third-order valence-electron chi connectivity index (χ3n) is 6.24. The molecule has 2 aliphatic carbocycles. The summed E-state index contributed by atoms with van der Waals surface area (Å²) in [4.78, 5) is 0. The van der Waals surface area contributed by atoms with Gasteiger partial charge in [-0.3, -0.25) is 0 Å². The molecule has 2 aromatic carbocycles. The molecule has 146 valence electrons. The molecular weight excluding hydrogens is 344 g/mol. The quantitative estimate of drug-likeness (QED) is 0.587. The second kappa shape index (κ2) is 8.74. The van der Waals surface area contributed by atoms with Crippen molar-refractivity contribution in [2.75, 3.05) is 7.11 Å². The summed E-state index contributed by atoms with van der Waals surface area (Å²) in [5.74, 6) is 8.85. The van der Waals surface area contributed by atoms with Crippen LogP contribution in [0.5, 0.6) is 11.5 Å². The fourth-order valence-corrected chi connectivity index (χ4v) is 4.61. The Bertz CT molecular complexity index is 832. The van der Waals surface area contributed by atoms with Crippen molar-refractivity contribution in [2.45, 2.75) is 69.3 Å². The topological polar surface area (TPSA) is 18.5 Å². The number of benzene rings is 2. The van der Waals surface area contributed by atoms with E-state index in [9.17, 15) is 0 Å². The first-order valence-electron chi connectivity index (χ1n) is 10.7. The Kier molecular flexibility index (Phi) is 5.91. The van der Waals surface area contributed by atoms with Crippen LogP contribution in [0, 0.1) is 11.8 Å². The molecule has 0 N–H and O–H groups in total. The Morgan fingerprint density at radius 2 is 1.61 bits per heavy atom. The van der Waals surface area contributed by atoms with Crippen LogP contribution in [0.2, 0.25) is 0 Å². The fourth-order valence-electron chi connectivity index (χ4n) is 4.61. The Morgan fingerprint density at radius 3 is 2.32 bits per heavy atom. The third kappa shape index (κ3) is 4.20. The summed E-state index contributed by atoms with van der Waals surface area (Å²) in [6.45, 7) is 0. The minimum Gasteiger partial charge on any atom is -0.493 e. The molecule has 2 nitrogen and oxygen atoms in total. The molecule has 0 radical (unpaired) electrons. The highest BCUT2D eigenvalue weighted by Crippen LogP contribution is 2.42. The zero-order chi connectivity index (χ0) is 19.2. The molecule has 0 aliphatic heterocycles. The van der Waals surface area contributed by atoms with Crippen LogP contribution < -0.4 is 9.47 Å². The molecule has 2 heteroatoms. The molecule has 0 heterocycles. The third-order valence-corrected chi connectivity index (χ3v) is 6.24. The lowest BCUT2D eigenvalue weighted by Crippen LogP contribution is -2.27. The standard InChI is InChI=1S/C26H30O2/c1-27-24-15-14-22(20-25(24)28-23-12-6-7-13-23)26(17-8-3-9-18-26)19-16-21-10-4-2-5-11-21/h2,4-5,10-11,14-15,20,23H,3,6-9,12-13,17-18H2,1H3. The van der Waals surface area contributed by atoms with Gasteiger partial charge in [0.1, 0.15) is 0 Å². The highest BCUT2D eigenvalue weighted by Gasteiger charge is 2.33. The van der Waals surface area contributed by atoms with Crippen molar-refractivity contribution in [3.05, 3.63) is 59.7 Å². The summed E-state index contributed by atoms with van der Waals surface area (Å²) in [7, 11) is 1.72. The van der Waals surface area contributed by atoms with Gasteiger partial charge < -0.3 is 9.47 Å². The number of hydrogen-bond acceptors (Lipinski definition) is 2. The normalized spacial score (nSPS) is 18.9. The molecule has 4 rings (SSSR count). The lowest BCUT2D eigenvalue weighted by atomic mass is 9.70. The molecule has 2 saturated carbocycles. The van der Waals surface area contributed by atoms with Gasteiger partial charge in [0.05, 0.1) is 18.6 Å². The van der Waals surface area contributed by atoms with Gasteiger partial charge in [-0.1, -0.05) is 55.4 Å². The highest BCUT2D eigenvalue weighted by atomic mass is 16.5. The van der Waals surface area contributed by atoms with Gasteiger partial charge >= 0.3 is 0 Å². The highest BCUT2D eigenvalue weighted by molar-refractivity contribution is 5.49. The Balaban J connectivity index is 1.69. The largest absolute Gasteiger partial charge is 0.493 e. The smallest absolute Gasteiger partial charge is 0.161 e. The van der Waals surface area contributed by atoms with E-state index in [1.807, 2.05) is 6.07 Å². The minimum absolute atomic E-state index is 0.0891. The van der Waals surface area contributed by atoms with E-state index in [2.05, 4.69) is 54.3 Å². The molecule has 0 aromatic heterocycles. The number of methoxy groups -OCH3 is 1. The number of rotatable bonds is 4. The maximum atomic E-state index is 6.36. The van der Waals surface area contributed by atoms with Gasteiger partial charge in [0.2, 0.25) is 0 Å². The fraction of sp³-hybridized carbons (Fsp3) is 0.462. The van der Waals surface area contributed by atoms with E-state index in [4.69, 9.17) is 9.47 Å². The van der Waals surface area contributed by atoms with E-state index in [0.29, 0.717) is 6.10 Å². The molecule has 0 bridgehead atoms. The Labute approximate surface area is 169 Å². The van der Waals surface area contributed by atoms with E-state index >= 15 is 0 Å². The molecule has 0 saturated heterocycles. The molecule has 2 aromatic rings. The zero-order valence-corrected chi connectivity index (χ0v) is 16.9. The van der Waals surface area contributed by atoms with Crippen LogP contribution >= 0.6 is 0 Å². The summed E-state index contributed by atoms with van der Waals surface area (Å²) in [6.07, 6.45) is 11.1. The maximum absolute atomic E-state index is 6.36. The van der Waals surface area contributed by atoms with Crippen LogP contribution in [0.25, 0.3) is 0 Å². The summed E-state index contributed by atoms with van der Waals surface area (Å²) in [5.41, 5.74) is 2.28. The van der Waals surface area contributed by atoms with Crippen LogP contribution in [-0.2, 0) is 5.41 Å². The van der Waals surface area contributed by atoms with Crippen LogP contribution in [0.3, 0.4) is 0 Å². The molecule has 0 unspecified atom stereocenters. The van der Waals surface area contributed by atoms with E-state index in [1.165, 1.54) is 37.7 Å². The molecule has 2 aliphatic rings. The first-order chi connectivity index (χ1) is 13.8. The average Bonchev–Trinajstić information content (AvgIpc) is 3.27. The molecule has 0 atom stereocenters. The molecule has 0 amide bonds. The zero-order valence-electron chi connectivity index (χ0n) is 16.9. The summed E-state index contributed by atoms with van der Waals surface area (Å²) < 4.78 is 12.0. The molecule has 28 heavy (non-hydrogen) atoms. The minimum atomic E-state index is -0.0891. The first kappa shape index (κ1) is 18.9. The van der Waals surface area contributed by atoms with Crippen molar-refractivity contribution in [3.8, 4) is 23.3 Å². The van der Waals surface area contributed by atoms with E-state index in [0.717, 1.165) is 42.7 Å². The lowest BCUT2D eigenvalue weighted by Gasteiger charge is -2.33. The summed E-state index contributed by atoms with van der Waals surface area (Å²) in [6, 6.07) is 16.8. The van der Waals surface area contributed by atoms with Gasteiger partial charge in [-0.15, -0.1) is 0 Å². The van der Waals surface area contributed by atoms with E-state index in [1.54, 1.807) is 7.11 Å². The predicted molar refractivity (Wildman–Crippen MR) is 114 cm³/mol. The summed E-state index contributed by atoms with van der Waals surface area (Å²) >= 11 is 0. The maximum Gasteiger partial charge on any atom is 0.161 e. The number of ether oxygens (including phenoxy) is 2. The number of hydrogen-bond donors (Lipinski definition) is 0. The predicted octanol–water partition coefficient (Wildman–Crippen LogP) is 6.27. The van der Waals surface area contributed by atoms with Crippen LogP contribution in [0.4, 0.5) is 0 Å². The second-order valence-corrected chi connectivity index (χ2v) is 8.15. The van der Waals surface area contributed by atoms with Gasteiger partial charge in [-0.2, -0.15) is 0 Å². The SMILES string of the molecule is COc1ccc(C2(C#Cc3ccccc3)CCCCC2)cc1OC1CCCC1. The monoisotopic (exact) mass is 374 g/mol. The van der Waals surface area contributed by atoms with Gasteiger partial charge in [-0.05, 0) is 68.4 Å². The van der Waals surface area contributed by atoms with Gasteiger partial charge in [0.15, 0.2) is 11.5 Å². The van der Waals surface area contributed by atoms with E-state index in [-0.39, 0.29) is 5.41 Å². The Morgan fingerprint density at radius 1 is 0.857 bits per heavy atom. The van der Waals surface area contributed by atoms with Crippen LogP contribution in [0.1, 0.15) is 68.9 Å². The van der Waals surface area contributed by atoms with Crippen molar-refractivity contribution < 1.29 is 9.47 Å². The van der Waals surface area contributed by atoms with Crippen LogP contribution in [0.15, 0.2) is 48.5 Å². The van der Waals surface area contributed by atoms with Gasteiger partial charge in [-0.25, -0.2) is 0 Å². The lowest BCUT2D eigenvalue weighted by molar-refractivity contribution is 0.200. The van der Waals surface area contributed by atoms with Crippen molar-refractivity contribution in [1.82, 2.24) is 0 Å². The average molecular weight is 375 g/mol. The van der Waals surface area contributed by atoms with Crippen molar-refractivity contribution in [1.29, 1.82) is 0 Å². The van der Waals surface area contributed by atoms with Crippen LogP contribution in [-0.4, -0.2) is 13.2 Å². The van der Waals surface area contributed by atoms with E-state index < -0.39 is 0 Å². The second-order valence-electron chi connectivity index (χ2n) is 8.15. The molecule has 0 spiro atoms. The van der Waals surface area contributed by atoms with Gasteiger partial charge in [0, 0.05) is 5.56 Å². The molecular formula is C26H30O2.